The number of amides is 1. The third kappa shape index (κ3) is 6.54. The van der Waals surface area contributed by atoms with Crippen molar-refractivity contribution >= 4 is 17.4 Å². The second-order valence-electron chi connectivity index (χ2n) is 9.52. The number of benzene rings is 2. The second kappa shape index (κ2) is 13.5. The number of rotatable bonds is 12. The first kappa shape index (κ1) is 28.4. The lowest BCUT2D eigenvalue weighted by Gasteiger charge is -2.31. The van der Waals surface area contributed by atoms with Crippen LogP contribution in [0.4, 0.5) is 0 Å². The van der Waals surface area contributed by atoms with E-state index in [0.717, 1.165) is 25.9 Å². The van der Waals surface area contributed by atoms with Gasteiger partial charge >= 0.3 is 0 Å². The fourth-order valence-electron chi connectivity index (χ4n) is 4.84. The zero-order valence-corrected chi connectivity index (χ0v) is 23.0. The highest BCUT2D eigenvalue weighted by molar-refractivity contribution is 6.46. The fraction of sp³-hybridized carbons (Fsp3) is 0.467. The van der Waals surface area contributed by atoms with Crippen LogP contribution in [0.15, 0.2) is 48.0 Å². The molecular weight excluding hydrogens is 500 g/mol. The quantitative estimate of drug-likeness (QED) is 0.187. The standard InChI is InChI=1S/C30H38N2O7/c1-4-6-17-39-24-12-9-22(20-25(24)38-5-2)27-26(28(33)21-7-10-23(36-3)11-8-21)29(34)30(35)32(27)14-13-31-15-18-37-19-16-31/h7-12,20,27,33H,4-6,13-19H2,1-3H3/b28-26+. The number of hydrogen-bond donors (Lipinski definition) is 1. The summed E-state index contributed by atoms with van der Waals surface area (Å²) in [4.78, 5) is 30.5. The smallest absolute Gasteiger partial charge is 0.295 e. The number of carbonyl (C=O) groups excluding carboxylic acids is 2. The number of nitrogens with zero attached hydrogens (tertiary/aromatic N) is 2. The van der Waals surface area contributed by atoms with Crippen LogP contribution in [0.2, 0.25) is 0 Å². The van der Waals surface area contributed by atoms with Crippen LogP contribution < -0.4 is 14.2 Å². The van der Waals surface area contributed by atoms with Gasteiger partial charge in [0.1, 0.15) is 11.5 Å². The van der Waals surface area contributed by atoms with Gasteiger partial charge in [0.2, 0.25) is 0 Å². The minimum absolute atomic E-state index is 0.0502. The molecule has 4 rings (SSSR count). The first-order valence-corrected chi connectivity index (χ1v) is 13.6. The third-order valence-electron chi connectivity index (χ3n) is 7.00. The van der Waals surface area contributed by atoms with E-state index in [1.165, 1.54) is 0 Å². The molecule has 1 amide bonds. The van der Waals surface area contributed by atoms with E-state index in [-0.39, 0.29) is 11.3 Å². The lowest BCUT2D eigenvalue weighted by atomic mass is 9.95. The molecule has 2 aromatic rings. The summed E-state index contributed by atoms with van der Waals surface area (Å²) in [5.41, 5.74) is 1.14. The van der Waals surface area contributed by atoms with Crippen LogP contribution in [-0.2, 0) is 14.3 Å². The van der Waals surface area contributed by atoms with Crippen LogP contribution in [0.25, 0.3) is 5.76 Å². The molecule has 2 aliphatic rings. The van der Waals surface area contributed by atoms with Crippen molar-refractivity contribution in [2.24, 2.45) is 0 Å². The SMILES string of the molecule is CCCCOc1ccc(C2/C(=C(\O)c3ccc(OC)cc3)C(=O)C(=O)N2CCN2CCOCC2)cc1OCC. The van der Waals surface area contributed by atoms with Crippen LogP contribution in [0.5, 0.6) is 17.2 Å². The number of aliphatic hydroxyl groups is 1. The summed E-state index contributed by atoms with van der Waals surface area (Å²) in [7, 11) is 1.56. The average Bonchev–Trinajstić information content (AvgIpc) is 3.22. The molecule has 2 aromatic carbocycles. The van der Waals surface area contributed by atoms with Crippen molar-refractivity contribution in [1.29, 1.82) is 0 Å². The maximum Gasteiger partial charge on any atom is 0.295 e. The Morgan fingerprint density at radius 1 is 1.00 bits per heavy atom. The molecular formula is C30H38N2O7. The molecule has 0 saturated carbocycles. The first-order chi connectivity index (χ1) is 19.0. The number of methoxy groups -OCH3 is 1. The number of unbranched alkanes of at least 4 members (excludes halogenated alkanes) is 1. The number of morpholine rings is 1. The Balaban J connectivity index is 1.75. The number of carbonyl (C=O) groups is 2. The zero-order valence-electron chi connectivity index (χ0n) is 23.0. The van der Waals surface area contributed by atoms with Crippen molar-refractivity contribution < 1.29 is 33.6 Å². The highest BCUT2D eigenvalue weighted by Crippen LogP contribution is 2.42. The van der Waals surface area contributed by atoms with Gasteiger partial charge in [-0.1, -0.05) is 19.4 Å². The summed E-state index contributed by atoms with van der Waals surface area (Å²) in [6.45, 7) is 8.69. The molecule has 0 spiro atoms. The average molecular weight is 539 g/mol. The van der Waals surface area contributed by atoms with Crippen molar-refractivity contribution in [3.8, 4) is 17.2 Å². The van der Waals surface area contributed by atoms with Gasteiger partial charge in [-0.25, -0.2) is 0 Å². The Morgan fingerprint density at radius 2 is 1.74 bits per heavy atom. The van der Waals surface area contributed by atoms with Crippen LogP contribution in [0, 0.1) is 0 Å². The number of aliphatic hydroxyl groups excluding tert-OH is 1. The molecule has 1 unspecified atom stereocenters. The molecule has 210 valence electrons. The maximum absolute atomic E-state index is 13.4. The molecule has 0 aliphatic carbocycles. The molecule has 2 aliphatic heterocycles. The van der Waals surface area contributed by atoms with Gasteiger partial charge in [-0.05, 0) is 55.3 Å². The lowest BCUT2D eigenvalue weighted by Crippen LogP contribution is -2.42. The number of ether oxygens (including phenoxy) is 4. The normalized spacial score (nSPS) is 19.4. The predicted octanol–water partition coefficient (Wildman–Crippen LogP) is 4.03. The highest BCUT2D eigenvalue weighted by Gasteiger charge is 2.46. The largest absolute Gasteiger partial charge is 0.507 e. The van der Waals surface area contributed by atoms with Crippen LogP contribution >= 0.6 is 0 Å². The van der Waals surface area contributed by atoms with E-state index in [4.69, 9.17) is 18.9 Å². The van der Waals surface area contributed by atoms with Gasteiger partial charge in [-0.15, -0.1) is 0 Å². The molecule has 9 heteroatoms. The van der Waals surface area contributed by atoms with Crippen LogP contribution in [0.3, 0.4) is 0 Å². The highest BCUT2D eigenvalue weighted by atomic mass is 16.5. The Kier molecular flexibility index (Phi) is 9.84. The molecule has 1 N–H and O–H groups in total. The number of hydrogen-bond acceptors (Lipinski definition) is 8. The molecule has 0 aromatic heterocycles. The fourth-order valence-corrected chi connectivity index (χ4v) is 4.84. The Labute approximate surface area is 229 Å². The van der Waals surface area contributed by atoms with E-state index in [1.807, 2.05) is 25.1 Å². The van der Waals surface area contributed by atoms with Gasteiger partial charge in [0.25, 0.3) is 11.7 Å². The molecule has 0 radical (unpaired) electrons. The van der Waals surface area contributed by atoms with Crippen molar-refractivity contribution in [3.63, 3.8) is 0 Å². The van der Waals surface area contributed by atoms with E-state index >= 15 is 0 Å². The Bertz CT molecular complexity index is 1170. The second-order valence-corrected chi connectivity index (χ2v) is 9.52. The number of likely N-dealkylation sites (tertiary alicyclic amines) is 1. The van der Waals surface area contributed by atoms with Crippen LogP contribution in [-0.4, -0.2) is 86.3 Å². The summed E-state index contributed by atoms with van der Waals surface area (Å²) in [6, 6.07) is 11.4. The van der Waals surface area contributed by atoms with Crippen molar-refractivity contribution in [3.05, 3.63) is 59.2 Å². The molecule has 2 heterocycles. The molecule has 2 fully saturated rings. The van der Waals surface area contributed by atoms with E-state index < -0.39 is 17.7 Å². The van der Waals surface area contributed by atoms with Gasteiger partial charge in [0, 0.05) is 31.7 Å². The van der Waals surface area contributed by atoms with Crippen molar-refractivity contribution in [1.82, 2.24) is 9.80 Å². The van der Waals surface area contributed by atoms with Crippen molar-refractivity contribution in [2.75, 3.05) is 59.7 Å². The summed E-state index contributed by atoms with van der Waals surface area (Å²) in [5.74, 6) is 0.190. The number of Topliss-reactive ketones (excluding diaryl/α,β-unsaturated/α-hetero) is 1. The topological polar surface area (TPSA) is 97.8 Å². The minimum atomic E-state index is -0.781. The van der Waals surface area contributed by atoms with E-state index in [2.05, 4.69) is 11.8 Å². The van der Waals surface area contributed by atoms with Gasteiger partial charge < -0.3 is 29.0 Å². The molecule has 2 saturated heterocycles. The van der Waals surface area contributed by atoms with Gasteiger partial charge in [0.15, 0.2) is 11.5 Å². The Morgan fingerprint density at radius 3 is 2.41 bits per heavy atom. The molecule has 9 nitrogen and oxygen atoms in total. The summed E-state index contributed by atoms with van der Waals surface area (Å²) >= 11 is 0. The lowest BCUT2D eigenvalue weighted by molar-refractivity contribution is -0.140. The molecule has 1 atom stereocenters. The molecule has 39 heavy (non-hydrogen) atoms. The van der Waals surface area contributed by atoms with Gasteiger partial charge in [0.05, 0.1) is 45.2 Å². The van der Waals surface area contributed by atoms with Gasteiger partial charge in [-0.2, -0.15) is 0 Å². The monoisotopic (exact) mass is 538 g/mol. The Hall–Kier alpha value is -3.56. The minimum Gasteiger partial charge on any atom is -0.507 e. The summed E-state index contributed by atoms with van der Waals surface area (Å²) < 4.78 is 22.5. The van der Waals surface area contributed by atoms with Crippen LogP contribution in [0.1, 0.15) is 43.9 Å². The molecule has 0 bridgehead atoms. The predicted molar refractivity (Wildman–Crippen MR) is 147 cm³/mol. The number of ketones is 1. The van der Waals surface area contributed by atoms with E-state index in [1.54, 1.807) is 36.3 Å². The maximum atomic E-state index is 13.4. The zero-order chi connectivity index (χ0) is 27.8. The van der Waals surface area contributed by atoms with E-state index in [9.17, 15) is 14.7 Å². The third-order valence-corrected chi connectivity index (χ3v) is 7.00. The van der Waals surface area contributed by atoms with Gasteiger partial charge in [-0.3, -0.25) is 14.5 Å². The summed E-state index contributed by atoms with van der Waals surface area (Å²) in [6.07, 6.45) is 1.92. The van der Waals surface area contributed by atoms with E-state index in [0.29, 0.717) is 67.9 Å². The first-order valence-electron chi connectivity index (χ1n) is 13.6. The summed E-state index contributed by atoms with van der Waals surface area (Å²) in [5, 5.41) is 11.4. The van der Waals surface area contributed by atoms with Crippen molar-refractivity contribution in [2.45, 2.75) is 32.7 Å².